The summed E-state index contributed by atoms with van der Waals surface area (Å²) in [6.07, 6.45) is -1.91. The van der Waals surface area contributed by atoms with Crippen molar-refractivity contribution in [2.45, 2.75) is 6.18 Å². The van der Waals surface area contributed by atoms with E-state index in [2.05, 4.69) is 10.2 Å². The highest BCUT2D eigenvalue weighted by Crippen LogP contribution is 2.26. The van der Waals surface area contributed by atoms with E-state index in [0.717, 1.165) is 6.20 Å². The van der Waals surface area contributed by atoms with E-state index in [1.807, 2.05) is 6.07 Å². The zero-order valence-electron chi connectivity index (χ0n) is 4.61. The first-order chi connectivity index (χ1) is 4.61. The summed E-state index contributed by atoms with van der Waals surface area (Å²) >= 11 is 0. The van der Waals surface area contributed by atoms with Gasteiger partial charge in [0.1, 0.15) is 6.20 Å². The second-order valence-corrected chi connectivity index (χ2v) is 1.47. The van der Waals surface area contributed by atoms with Crippen LogP contribution in [0.5, 0.6) is 0 Å². The minimum Gasteiger partial charge on any atom is -0.166 e. The zero-order valence-corrected chi connectivity index (χ0v) is 4.61. The highest BCUT2D eigenvalue weighted by Gasteiger charge is 2.31. The lowest BCUT2D eigenvalue weighted by Gasteiger charge is -2.01. The standard InChI is InChI=1S/C5HF3N2/c6-5(7,8)4-1-2-9-10-3-4/h2H. The van der Waals surface area contributed by atoms with Gasteiger partial charge in [-0.2, -0.15) is 18.3 Å². The van der Waals surface area contributed by atoms with Gasteiger partial charge in [-0.05, 0) is 0 Å². The molecule has 52 valence electrons. The molecule has 2 radical (unpaired) electrons. The molecule has 10 heavy (non-hydrogen) atoms. The van der Waals surface area contributed by atoms with Gasteiger partial charge in [0.2, 0.25) is 0 Å². The molecule has 0 bridgehead atoms. The van der Waals surface area contributed by atoms with Gasteiger partial charge >= 0.3 is 6.18 Å². The van der Waals surface area contributed by atoms with Crippen molar-refractivity contribution in [1.82, 2.24) is 10.2 Å². The maximum atomic E-state index is 11.7. The summed E-state index contributed by atoms with van der Waals surface area (Å²) in [5.41, 5.74) is -1.03. The molecular formula is C5HF3N2. The Bertz CT molecular complexity index is 206. The van der Waals surface area contributed by atoms with Crippen molar-refractivity contribution in [3.05, 3.63) is 24.0 Å². The molecule has 0 N–H and O–H groups in total. The van der Waals surface area contributed by atoms with Crippen LogP contribution in [0.1, 0.15) is 5.56 Å². The second kappa shape index (κ2) is 2.24. The molecule has 0 unspecified atom stereocenters. The lowest BCUT2D eigenvalue weighted by atomic mass is 10.3. The minimum absolute atomic E-state index is 0.847. The Morgan fingerprint density at radius 1 is 1.40 bits per heavy atom. The molecule has 0 saturated heterocycles. The molecule has 5 heteroatoms. The van der Waals surface area contributed by atoms with Crippen molar-refractivity contribution in [2.75, 3.05) is 0 Å². The minimum atomic E-state index is -4.42. The number of rotatable bonds is 0. The van der Waals surface area contributed by atoms with E-state index >= 15 is 0 Å². The number of alkyl halides is 3. The molecule has 2 nitrogen and oxygen atoms in total. The Morgan fingerprint density at radius 2 is 2.10 bits per heavy atom. The SMILES string of the molecule is FC(F)(F)c1[c]cnn[c]1. The summed E-state index contributed by atoms with van der Waals surface area (Å²) in [5.74, 6) is 0. The van der Waals surface area contributed by atoms with Crippen LogP contribution in [0.25, 0.3) is 0 Å². The fraction of sp³-hybridized carbons (Fsp3) is 0.200. The first-order valence-electron chi connectivity index (χ1n) is 2.29. The van der Waals surface area contributed by atoms with E-state index in [9.17, 15) is 13.2 Å². The van der Waals surface area contributed by atoms with Crippen LogP contribution in [-0.2, 0) is 6.18 Å². The molecule has 1 aromatic heterocycles. The van der Waals surface area contributed by atoms with Gasteiger partial charge in [-0.1, -0.05) is 0 Å². The van der Waals surface area contributed by atoms with E-state index < -0.39 is 11.7 Å². The molecular weight excluding hydrogens is 145 g/mol. The molecule has 0 amide bonds. The maximum absolute atomic E-state index is 11.7. The molecule has 0 atom stereocenters. The largest absolute Gasteiger partial charge is 0.419 e. The van der Waals surface area contributed by atoms with Gasteiger partial charge in [0.05, 0.1) is 11.8 Å². The smallest absolute Gasteiger partial charge is 0.166 e. The molecule has 0 aliphatic rings. The molecule has 1 aromatic rings. The number of hydrogen-bond donors (Lipinski definition) is 0. The van der Waals surface area contributed by atoms with Crippen LogP contribution in [-0.4, -0.2) is 10.2 Å². The third-order valence-electron chi connectivity index (χ3n) is 0.770. The van der Waals surface area contributed by atoms with E-state index in [1.165, 1.54) is 0 Å². The molecule has 0 aromatic carbocycles. The highest BCUT2D eigenvalue weighted by molar-refractivity contribution is 5.05. The van der Waals surface area contributed by atoms with Crippen molar-refractivity contribution in [2.24, 2.45) is 0 Å². The fourth-order valence-electron chi connectivity index (χ4n) is 0.379. The molecule has 1 rings (SSSR count). The van der Waals surface area contributed by atoms with E-state index in [4.69, 9.17) is 0 Å². The van der Waals surface area contributed by atoms with E-state index in [0.29, 0.717) is 0 Å². The summed E-state index contributed by atoms with van der Waals surface area (Å²) < 4.78 is 35.0. The predicted octanol–water partition coefficient (Wildman–Crippen LogP) is 1.10. The van der Waals surface area contributed by atoms with Crippen LogP contribution in [0.3, 0.4) is 0 Å². The first-order valence-corrected chi connectivity index (χ1v) is 2.29. The maximum Gasteiger partial charge on any atom is 0.419 e. The summed E-state index contributed by atoms with van der Waals surface area (Å²) in [4.78, 5) is 0. The monoisotopic (exact) mass is 146 g/mol. The van der Waals surface area contributed by atoms with Gasteiger partial charge in [-0.15, -0.1) is 5.10 Å². The highest BCUT2D eigenvalue weighted by atomic mass is 19.4. The second-order valence-electron chi connectivity index (χ2n) is 1.47. The Hall–Kier alpha value is -1.13. The average molecular weight is 146 g/mol. The van der Waals surface area contributed by atoms with Gasteiger partial charge in [-0.25, -0.2) is 0 Å². The van der Waals surface area contributed by atoms with Crippen LogP contribution >= 0.6 is 0 Å². The van der Waals surface area contributed by atoms with Crippen LogP contribution in [0.4, 0.5) is 13.2 Å². The predicted molar refractivity (Wildman–Crippen MR) is 24.7 cm³/mol. The Balaban J connectivity index is 2.97. The summed E-state index contributed by atoms with van der Waals surface area (Å²) in [6.45, 7) is 0. The summed E-state index contributed by atoms with van der Waals surface area (Å²) in [7, 11) is 0. The third-order valence-corrected chi connectivity index (χ3v) is 0.770. The Morgan fingerprint density at radius 3 is 2.40 bits per heavy atom. The number of hydrogen-bond acceptors (Lipinski definition) is 2. The number of nitrogens with zero attached hydrogens (tertiary/aromatic N) is 2. The van der Waals surface area contributed by atoms with Gasteiger partial charge in [0.15, 0.2) is 0 Å². The number of halogens is 3. The topological polar surface area (TPSA) is 25.8 Å². The Labute approximate surface area is 54.7 Å². The van der Waals surface area contributed by atoms with Crippen molar-refractivity contribution >= 4 is 0 Å². The van der Waals surface area contributed by atoms with E-state index in [-0.39, 0.29) is 0 Å². The fourth-order valence-corrected chi connectivity index (χ4v) is 0.379. The van der Waals surface area contributed by atoms with Crippen molar-refractivity contribution in [3.63, 3.8) is 0 Å². The third kappa shape index (κ3) is 1.43. The number of aromatic nitrogens is 2. The quantitative estimate of drug-likeness (QED) is 0.547. The van der Waals surface area contributed by atoms with Gasteiger partial charge in [0, 0.05) is 6.07 Å². The van der Waals surface area contributed by atoms with Crippen LogP contribution in [0.15, 0.2) is 6.20 Å². The Kier molecular flexibility index (Phi) is 1.57. The van der Waals surface area contributed by atoms with Gasteiger partial charge in [-0.3, -0.25) is 0 Å². The first kappa shape index (κ1) is 6.98. The van der Waals surface area contributed by atoms with Crippen molar-refractivity contribution in [3.8, 4) is 0 Å². The molecule has 1 heterocycles. The molecule has 0 aliphatic heterocycles. The lowest BCUT2D eigenvalue weighted by Crippen LogP contribution is -2.05. The average Bonchev–Trinajstić information content (AvgIpc) is 1.88. The normalized spacial score (nSPS) is 11.5. The van der Waals surface area contributed by atoms with Gasteiger partial charge in [0.25, 0.3) is 0 Å². The van der Waals surface area contributed by atoms with Gasteiger partial charge < -0.3 is 0 Å². The molecule has 0 spiro atoms. The van der Waals surface area contributed by atoms with Crippen LogP contribution in [0, 0.1) is 12.3 Å². The molecule has 0 fully saturated rings. The molecule has 0 aliphatic carbocycles. The zero-order chi connectivity index (χ0) is 7.61. The summed E-state index contributed by atoms with van der Waals surface area (Å²) in [6, 6.07) is 1.85. The van der Waals surface area contributed by atoms with Crippen molar-refractivity contribution in [1.29, 1.82) is 0 Å². The summed E-state index contributed by atoms with van der Waals surface area (Å²) in [5, 5.41) is 6.02. The lowest BCUT2D eigenvalue weighted by molar-refractivity contribution is -0.138. The van der Waals surface area contributed by atoms with E-state index in [1.54, 1.807) is 6.20 Å². The van der Waals surface area contributed by atoms with Crippen molar-refractivity contribution < 1.29 is 13.2 Å². The molecule has 0 saturated carbocycles. The van der Waals surface area contributed by atoms with Crippen LogP contribution in [0.2, 0.25) is 0 Å². The van der Waals surface area contributed by atoms with Crippen LogP contribution < -0.4 is 0 Å².